The summed E-state index contributed by atoms with van der Waals surface area (Å²) in [5, 5.41) is 0. The van der Waals surface area contributed by atoms with E-state index in [9.17, 15) is 4.79 Å². The Kier molecular flexibility index (Phi) is 7.31. The normalized spacial score (nSPS) is 12.4. The second-order valence-corrected chi connectivity index (χ2v) is 5.48. The van der Waals surface area contributed by atoms with Crippen LogP contribution in [0.1, 0.15) is 56.8 Å². The summed E-state index contributed by atoms with van der Waals surface area (Å²) < 4.78 is 5.71. The summed E-state index contributed by atoms with van der Waals surface area (Å²) in [6.07, 6.45) is 3.62. The predicted molar refractivity (Wildman–Crippen MR) is 83.2 cm³/mol. The molecule has 0 bridgehead atoms. The number of para-hydroxylation sites is 1. The first-order chi connectivity index (χ1) is 9.58. The van der Waals surface area contributed by atoms with E-state index >= 15 is 0 Å². The molecular formula is C17H27NO2. The fourth-order valence-corrected chi connectivity index (χ4v) is 2.31. The molecular weight excluding hydrogens is 250 g/mol. The largest absolute Gasteiger partial charge is 0.490 e. The third-order valence-corrected chi connectivity index (χ3v) is 3.48. The monoisotopic (exact) mass is 277 g/mol. The first-order valence-corrected chi connectivity index (χ1v) is 7.57. The summed E-state index contributed by atoms with van der Waals surface area (Å²) in [4.78, 5) is 12.4. The van der Waals surface area contributed by atoms with Crippen molar-refractivity contribution in [3.05, 3.63) is 29.8 Å². The zero-order valence-electron chi connectivity index (χ0n) is 12.9. The van der Waals surface area contributed by atoms with Gasteiger partial charge in [0.1, 0.15) is 5.75 Å². The van der Waals surface area contributed by atoms with E-state index in [1.54, 1.807) is 0 Å². The average molecular weight is 277 g/mol. The summed E-state index contributed by atoms with van der Waals surface area (Å²) >= 11 is 0. The van der Waals surface area contributed by atoms with Gasteiger partial charge >= 0.3 is 0 Å². The summed E-state index contributed by atoms with van der Waals surface area (Å²) in [6, 6.07) is 7.50. The molecule has 1 aromatic rings. The molecule has 0 amide bonds. The molecule has 0 heterocycles. The predicted octanol–water partition coefficient (Wildman–Crippen LogP) is 3.81. The fourth-order valence-electron chi connectivity index (χ4n) is 2.31. The molecule has 0 saturated carbocycles. The highest BCUT2D eigenvalue weighted by atomic mass is 16.5. The number of Topliss-reactive ketones (excluding diaryl/α,β-unsaturated/α-hetero) is 1. The van der Waals surface area contributed by atoms with Gasteiger partial charge in [0.15, 0.2) is 5.78 Å². The minimum absolute atomic E-state index is 0.0737. The smallest absolute Gasteiger partial charge is 0.166 e. The third-order valence-electron chi connectivity index (χ3n) is 3.48. The highest BCUT2D eigenvalue weighted by Gasteiger charge is 2.15. The van der Waals surface area contributed by atoms with Crippen LogP contribution in [-0.2, 0) is 0 Å². The summed E-state index contributed by atoms with van der Waals surface area (Å²) in [5.74, 6) is 1.40. The Balaban J connectivity index is 2.67. The van der Waals surface area contributed by atoms with E-state index in [1.807, 2.05) is 38.1 Å². The van der Waals surface area contributed by atoms with Gasteiger partial charge in [-0.1, -0.05) is 25.5 Å². The van der Waals surface area contributed by atoms with Crippen LogP contribution in [0.25, 0.3) is 0 Å². The lowest BCUT2D eigenvalue weighted by atomic mass is 9.93. The molecule has 1 unspecified atom stereocenters. The Labute approximate surface area is 122 Å². The number of carbonyl (C=O) groups is 1. The van der Waals surface area contributed by atoms with Gasteiger partial charge < -0.3 is 10.5 Å². The molecule has 0 aliphatic carbocycles. The number of ketones is 1. The molecule has 1 aromatic carbocycles. The molecule has 0 aliphatic heterocycles. The standard InChI is InChI=1S/C17H27NO2/c1-4-14(11-12-18)9-10-16(19)15-7-5-6-8-17(15)20-13(2)3/h5-8,13-14H,4,9-12,18H2,1-3H3. The zero-order chi connectivity index (χ0) is 15.0. The minimum atomic E-state index is 0.0737. The zero-order valence-corrected chi connectivity index (χ0v) is 12.9. The van der Waals surface area contributed by atoms with Crippen LogP contribution in [0.5, 0.6) is 5.75 Å². The Morgan fingerprint density at radius 2 is 1.95 bits per heavy atom. The molecule has 20 heavy (non-hydrogen) atoms. The van der Waals surface area contributed by atoms with Crippen LogP contribution >= 0.6 is 0 Å². The maximum atomic E-state index is 12.4. The molecule has 0 radical (unpaired) electrons. The van der Waals surface area contributed by atoms with Gasteiger partial charge in [0.2, 0.25) is 0 Å². The average Bonchev–Trinajstić information content (AvgIpc) is 2.43. The van der Waals surface area contributed by atoms with E-state index in [4.69, 9.17) is 10.5 Å². The van der Waals surface area contributed by atoms with E-state index in [1.165, 1.54) is 0 Å². The number of hydrogen-bond acceptors (Lipinski definition) is 3. The van der Waals surface area contributed by atoms with E-state index in [2.05, 4.69) is 6.92 Å². The molecule has 0 fully saturated rings. The Hall–Kier alpha value is -1.35. The van der Waals surface area contributed by atoms with Crippen molar-refractivity contribution >= 4 is 5.78 Å². The number of benzene rings is 1. The molecule has 1 rings (SSSR count). The molecule has 112 valence electrons. The second-order valence-electron chi connectivity index (χ2n) is 5.48. The lowest BCUT2D eigenvalue weighted by Gasteiger charge is -2.15. The number of carbonyl (C=O) groups excluding carboxylic acids is 1. The van der Waals surface area contributed by atoms with Gasteiger partial charge in [-0.05, 0) is 51.3 Å². The highest BCUT2D eigenvalue weighted by molar-refractivity contribution is 5.98. The van der Waals surface area contributed by atoms with Crippen molar-refractivity contribution in [1.29, 1.82) is 0 Å². The molecule has 3 heteroatoms. The fraction of sp³-hybridized carbons (Fsp3) is 0.588. The molecule has 3 nitrogen and oxygen atoms in total. The van der Waals surface area contributed by atoms with Gasteiger partial charge in [-0.2, -0.15) is 0 Å². The van der Waals surface area contributed by atoms with Crippen LogP contribution in [-0.4, -0.2) is 18.4 Å². The Morgan fingerprint density at radius 1 is 1.25 bits per heavy atom. The van der Waals surface area contributed by atoms with Gasteiger partial charge in [-0.3, -0.25) is 4.79 Å². The van der Waals surface area contributed by atoms with Crippen molar-refractivity contribution in [2.75, 3.05) is 6.54 Å². The van der Waals surface area contributed by atoms with Crippen LogP contribution in [0.15, 0.2) is 24.3 Å². The maximum Gasteiger partial charge on any atom is 0.166 e. The van der Waals surface area contributed by atoms with Crippen LogP contribution in [0, 0.1) is 5.92 Å². The first kappa shape index (κ1) is 16.7. The van der Waals surface area contributed by atoms with Crippen LogP contribution in [0.2, 0.25) is 0 Å². The van der Waals surface area contributed by atoms with E-state index in [-0.39, 0.29) is 11.9 Å². The Bertz CT molecular complexity index is 415. The van der Waals surface area contributed by atoms with Gasteiger partial charge in [0, 0.05) is 6.42 Å². The van der Waals surface area contributed by atoms with Crippen molar-refractivity contribution in [3.8, 4) is 5.75 Å². The summed E-state index contributed by atoms with van der Waals surface area (Å²) in [6.45, 7) is 6.78. The molecule has 0 spiro atoms. The number of hydrogen-bond donors (Lipinski definition) is 1. The number of nitrogens with two attached hydrogens (primary N) is 1. The Morgan fingerprint density at radius 3 is 2.55 bits per heavy atom. The van der Waals surface area contributed by atoms with Crippen molar-refractivity contribution in [3.63, 3.8) is 0 Å². The molecule has 1 atom stereocenters. The lowest BCUT2D eigenvalue weighted by molar-refractivity contribution is 0.0967. The van der Waals surface area contributed by atoms with E-state index in [0.717, 1.165) is 19.3 Å². The van der Waals surface area contributed by atoms with Crippen LogP contribution in [0.4, 0.5) is 0 Å². The maximum absolute atomic E-state index is 12.4. The van der Waals surface area contributed by atoms with Gasteiger partial charge in [0.05, 0.1) is 11.7 Å². The van der Waals surface area contributed by atoms with E-state index in [0.29, 0.717) is 30.2 Å². The number of rotatable bonds is 9. The quantitative estimate of drug-likeness (QED) is 0.698. The van der Waals surface area contributed by atoms with Crippen LogP contribution in [0.3, 0.4) is 0 Å². The van der Waals surface area contributed by atoms with E-state index < -0.39 is 0 Å². The van der Waals surface area contributed by atoms with Crippen molar-refractivity contribution in [2.24, 2.45) is 11.7 Å². The molecule has 0 aromatic heterocycles. The molecule has 0 aliphatic rings. The van der Waals surface area contributed by atoms with Crippen molar-refractivity contribution in [2.45, 2.75) is 52.6 Å². The summed E-state index contributed by atoms with van der Waals surface area (Å²) in [5.41, 5.74) is 6.29. The minimum Gasteiger partial charge on any atom is -0.490 e. The third kappa shape index (κ3) is 5.33. The second kappa shape index (κ2) is 8.75. The van der Waals surface area contributed by atoms with Gasteiger partial charge in [-0.15, -0.1) is 0 Å². The topological polar surface area (TPSA) is 52.3 Å². The highest BCUT2D eigenvalue weighted by Crippen LogP contribution is 2.23. The van der Waals surface area contributed by atoms with Crippen molar-refractivity contribution < 1.29 is 9.53 Å². The van der Waals surface area contributed by atoms with Gasteiger partial charge in [0.25, 0.3) is 0 Å². The molecule has 0 saturated heterocycles. The first-order valence-electron chi connectivity index (χ1n) is 7.57. The van der Waals surface area contributed by atoms with Crippen molar-refractivity contribution in [1.82, 2.24) is 0 Å². The van der Waals surface area contributed by atoms with Gasteiger partial charge in [-0.25, -0.2) is 0 Å². The lowest BCUT2D eigenvalue weighted by Crippen LogP contribution is -2.12. The molecule has 2 N–H and O–H groups in total. The summed E-state index contributed by atoms with van der Waals surface area (Å²) in [7, 11) is 0. The van der Waals surface area contributed by atoms with Crippen LogP contribution < -0.4 is 10.5 Å². The number of ether oxygens (including phenoxy) is 1. The SMILES string of the molecule is CCC(CCN)CCC(=O)c1ccccc1OC(C)C.